The maximum atomic E-state index is 4.81. The molecule has 0 aliphatic carbocycles. The quantitative estimate of drug-likeness (QED) is 0.235. The molecule has 1 aliphatic heterocycles. The van der Waals surface area contributed by atoms with Gasteiger partial charge in [-0.2, -0.15) is 0 Å². The molecule has 0 aromatic heterocycles. The molecule has 0 spiro atoms. The Labute approximate surface area is 177 Å². The molecule has 148 valence electrons. The first-order chi connectivity index (χ1) is 12.3. The van der Waals surface area contributed by atoms with Crippen LogP contribution in [0.15, 0.2) is 35.3 Å². The number of nitrogens with one attached hydrogen (secondary N) is 2. The minimum Gasteiger partial charge on any atom is -0.357 e. The molecular formula is C21H37IN4. The van der Waals surface area contributed by atoms with E-state index >= 15 is 0 Å². The van der Waals surface area contributed by atoms with Crippen LogP contribution in [0.4, 0.5) is 0 Å². The van der Waals surface area contributed by atoms with Gasteiger partial charge in [-0.3, -0.25) is 4.99 Å². The van der Waals surface area contributed by atoms with Gasteiger partial charge in [0.05, 0.1) is 0 Å². The van der Waals surface area contributed by atoms with Gasteiger partial charge in [0.1, 0.15) is 0 Å². The maximum Gasteiger partial charge on any atom is 0.191 e. The van der Waals surface area contributed by atoms with Gasteiger partial charge in [-0.05, 0) is 44.2 Å². The Bertz CT molecular complexity index is 492. The van der Waals surface area contributed by atoms with Crippen molar-refractivity contribution in [2.45, 2.75) is 46.0 Å². The summed E-state index contributed by atoms with van der Waals surface area (Å²) in [7, 11) is 0. The van der Waals surface area contributed by atoms with Crippen LogP contribution in [-0.2, 0) is 6.42 Å². The second-order valence-corrected chi connectivity index (χ2v) is 7.04. The van der Waals surface area contributed by atoms with Crippen molar-refractivity contribution in [3.05, 3.63) is 35.9 Å². The van der Waals surface area contributed by atoms with Crippen LogP contribution in [0, 0.1) is 5.92 Å². The van der Waals surface area contributed by atoms with E-state index < -0.39 is 0 Å². The smallest absolute Gasteiger partial charge is 0.191 e. The van der Waals surface area contributed by atoms with Crippen LogP contribution < -0.4 is 10.6 Å². The molecule has 0 radical (unpaired) electrons. The number of unbranched alkanes of at least 4 members (excludes halogenated alkanes) is 2. The van der Waals surface area contributed by atoms with Crippen LogP contribution in [0.2, 0.25) is 0 Å². The van der Waals surface area contributed by atoms with E-state index in [9.17, 15) is 0 Å². The first kappa shape index (κ1) is 23.2. The van der Waals surface area contributed by atoms with Crippen LogP contribution in [0.3, 0.4) is 0 Å². The number of guanidine groups is 1. The first-order valence-electron chi connectivity index (χ1n) is 10.1. The van der Waals surface area contributed by atoms with Crippen LogP contribution in [-0.4, -0.2) is 50.1 Å². The van der Waals surface area contributed by atoms with Crippen molar-refractivity contribution >= 4 is 29.9 Å². The third-order valence-electron chi connectivity index (χ3n) is 4.85. The molecule has 2 rings (SSSR count). The average Bonchev–Trinajstić information content (AvgIpc) is 3.10. The highest BCUT2D eigenvalue weighted by Crippen LogP contribution is 2.17. The molecule has 1 heterocycles. The van der Waals surface area contributed by atoms with E-state index in [4.69, 9.17) is 4.99 Å². The van der Waals surface area contributed by atoms with Gasteiger partial charge < -0.3 is 15.5 Å². The Balaban J connectivity index is 0.00000338. The molecule has 1 fully saturated rings. The lowest BCUT2D eigenvalue weighted by Gasteiger charge is -2.16. The summed E-state index contributed by atoms with van der Waals surface area (Å²) >= 11 is 0. The van der Waals surface area contributed by atoms with Crippen molar-refractivity contribution in [3.8, 4) is 0 Å². The Morgan fingerprint density at radius 3 is 2.69 bits per heavy atom. The molecule has 1 aromatic carbocycles. The molecule has 26 heavy (non-hydrogen) atoms. The molecular weight excluding hydrogens is 435 g/mol. The van der Waals surface area contributed by atoms with Crippen molar-refractivity contribution in [1.29, 1.82) is 0 Å². The topological polar surface area (TPSA) is 39.7 Å². The fourth-order valence-electron chi connectivity index (χ4n) is 3.34. The highest BCUT2D eigenvalue weighted by Gasteiger charge is 2.21. The van der Waals surface area contributed by atoms with Gasteiger partial charge in [-0.25, -0.2) is 0 Å². The lowest BCUT2D eigenvalue weighted by molar-refractivity contribution is 0.329. The third-order valence-corrected chi connectivity index (χ3v) is 4.85. The zero-order valence-corrected chi connectivity index (χ0v) is 18.9. The van der Waals surface area contributed by atoms with Crippen LogP contribution in [0.1, 0.15) is 45.1 Å². The summed E-state index contributed by atoms with van der Waals surface area (Å²) < 4.78 is 0. The van der Waals surface area contributed by atoms with Crippen LogP contribution >= 0.6 is 24.0 Å². The number of nitrogens with zero attached hydrogens (tertiary/aromatic N) is 2. The Kier molecular flexibility index (Phi) is 12.7. The standard InChI is InChI=1S/C21H36N4.HI/c1-3-5-9-14-23-21(22-4-2)24-17-20-13-16-25(18-20)15-12-19-10-7-6-8-11-19;/h6-8,10-11,20H,3-5,9,12-18H2,1-2H3,(H2,22,23,24);1H. The van der Waals surface area contributed by atoms with Crippen molar-refractivity contribution in [1.82, 2.24) is 15.5 Å². The minimum atomic E-state index is 0. The van der Waals surface area contributed by atoms with Crippen molar-refractivity contribution in [2.24, 2.45) is 10.9 Å². The van der Waals surface area contributed by atoms with Gasteiger partial charge in [0.2, 0.25) is 0 Å². The highest BCUT2D eigenvalue weighted by atomic mass is 127. The predicted molar refractivity (Wildman–Crippen MR) is 124 cm³/mol. The van der Waals surface area contributed by atoms with E-state index in [0.717, 1.165) is 32.0 Å². The molecule has 4 nitrogen and oxygen atoms in total. The van der Waals surface area contributed by atoms with E-state index in [1.807, 2.05) is 0 Å². The summed E-state index contributed by atoms with van der Waals surface area (Å²) in [5.41, 5.74) is 1.44. The Morgan fingerprint density at radius 1 is 1.15 bits per heavy atom. The fraction of sp³-hybridized carbons (Fsp3) is 0.667. The van der Waals surface area contributed by atoms with Crippen molar-refractivity contribution < 1.29 is 0 Å². The van der Waals surface area contributed by atoms with E-state index in [-0.39, 0.29) is 24.0 Å². The molecule has 1 atom stereocenters. The maximum absolute atomic E-state index is 4.81. The molecule has 0 amide bonds. The van der Waals surface area contributed by atoms with Crippen LogP contribution in [0.25, 0.3) is 0 Å². The van der Waals surface area contributed by atoms with Gasteiger partial charge in [0.15, 0.2) is 5.96 Å². The Morgan fingerprint density at radius 2 is 1.96 bits per heavy atom. The summed E-state index contributed by atoms with van der Waals surface area (Å²) in [6.45, 7) is 10.8. The van der Waals surface area contributed by atoms with Gasteiger partial charge in [-0.1, -0.05) is 50.1 Å². The SMILES string of the molecule is CCCCCNC(=NCC1CCN(CCc2ccccc2)C1)NCC.I. The van der Waals surface area contributed by atoms with Crippen LogP contribution in [0.5, 0.6) is 0 Å². The number of benzene rings is 1. The van der Waals surface area contributed by atoms with Gasteiger partial charge >= 0.3 is 0 Å². The molecule has 2 N–H and O–H groups in total. The second kappa shape index (κ2) is 14.3. The molecule has 0 bridgehead atoms. The van der Waals surface area contributed by atoms with E-state index in [1.165, 1.54) is 50.9 Å². The highest BCUT2D eigenvalue weighted by molar-refractivity contribution is 14.0. The van der Waals surface area contributed by atoms with Crippen molar-refractivity contribution in [2.75, 3.05) is 39.3 Å². The monoisotopic (exact) mass is 472 g/mol. The second-order valence-electron chi connectivity index (χ2n) is 7.04. The first-order valence-corrected chi connectivity index (χ1v) is 10.1. The number of hydrogen-bond acceptors (Lipinski definition) is 2. The lowest BCUT2D eigenvalue weighted by atomic mass is 10.1. The van der Waals surface area contributed by atoms with Gasteiger partial charge in [0, 0.05) is 32.7 Å². The largest absolute Gasteiger partial charge is 0.357 e. The number of rotatable bonds is 10. The summed E-state index contributed by atoms with van der Waals surface area (Å²) in [6.07, 6.45) is 6.19. The number of halogens is 1. The third kappa shape index (κ3) is 9.21. The molecule has 1 unspecified atom stereocenters. The molecule has 5 heteroatoms. The van der Waals surface area contributed by atoms with Crippen molar-refractivity contribution in [3.63, 3.8) is 0 Å². The average molecular weight is 472 g/mol. The lowest BCUT2D eigenvalue weighted by Crippen LogP contribution is -2.38. The van der Waals surface area contributed by atoms with E-state index in [1.54, 1.807) is 0 Å². The summed E-state index contributed by atoms with van der Waals surface area (Å²) in [5, 5.41) is 6.83. The minimum absolute atomic E-state index is 0. The van der Waals surface area contributed by atoms with Gasteiger partial charge in [-0.15, -0.1) is 24.0 Å². The fourth-order valence-corrected chi connectivity index (χ4v) is 3.34. The molecule has 0 saturated carbocycles. The summed E-state index contributed by atoms with van der Waals surface area (Å²) in [5.74, 6) is 1.68. The number of aliphatic imine (C=N–C) groups is 1. The Hall–Kier alpha value is -0.820. The zero-order chi connectivity index (χ0) is 17.7. The normalized spacial score (nSPS) is 17.8. The number of likely N-dealkylation sites (tertiary alicyclic amines) is 1. The zero-order valence-electron chi connectivity index (χ0n) is 16.5. The number of hydrogen-bond donors (Lipinski definition) is 2. The molecule has 1 aromatic rings. The summed E-state index contributed by atoms with van der Waals surface area (Å²) in [4.78, 5) is 7.41. The summed E-state index contributed by atoms with van der Waals surface area (Å²) in [6, 6.07) is 10.8. The van der Waals surface area contributed by atoms with E-state index in [2.05, 4.69) is 59.7 Å². The predicted octanol–water partition coefficient (Wildman–Crippen LogP) is 3.91. The van der Waals surface area contributed by atoms with Gasteiger partial charge in [0.25, 0.3) is 0 Å². The molecule has 1 aliphatic rings. The van der Waals surface area contributed by atoms with E-state index in [0.29, 0.717) is 5.92 Å². The molecule has 1 saturated heterocycles.